The van der Waals surface area contributed by atoms with Gasteiger partial charge in [-0.25, -0.2) is 9.59 Å². The van der Waals surface area contributed by atoms with Crippen LogP contribution in [0.5, 0.6) is 0 Å². The third kappa shape index (κ3) is 4.62. The average molecular weight is 277 g/mol. The second kappa shape index (κ2) is 6.85. The third-order valence-corrected chi connectivity index (χ3v) is 2.34. The largest absolute Gasteiger partial charge is 0.480 e. The molecule has 0 aromatic rings. The molecule has 0 aromatic heterocycles. The zero-order chi connectivity index (χ0) is 13.5. The molecule has 1 aliphatic rings. The summed E-state index contributed by atoms with van der Waals surface area (Å²) in [5.74, 6) is -1.18. The summed E-state index contributed by atoms with van der Waals surface area (Å²) in [6.07, 6.45) is 0.473. The van der Waals surface area contributed by atoms with Crippen LogP contribution in [0.15, 0.2) is 17.8 Å². The number of hydrogen-bond acceptors (Lipinski definition) is 5. The van der Waals surface area contributed by atoms with Crippen LogP contribution in [0, 0.1) is 0 Å². The standard InChI is InChI=1S/C10H13ClN2O5/c1-2-3-17-10(16)12-7(9(14)15)4-6-5-8(11)13-18-6/h2,6-7H,1,3-5H2,(H,12,16)(H,14,15)/t6-,7+/m0/s1. The molecular formula is C10H13ClN2O5. The Morgan fingerprint density at radius 3 is 3.00 bits per heavy atom. The molecule has 1 heterocycles. The molecule has 1 rings (SSSR count). The van der Waals surface area contributed by atoms with E-state index in [0.717, 1.165) is 0 Å². The molecule has 18 heavy (non-hydrogen) atoms. The van der Waals surface area contributed by atoms with Crippen LogP contribution in [-0.4, -0.2) is 41.1 Å². The number of carboxylic acids is 1. The number of nitrogens with zero attached hydrogens (tertiary/aromatic N) is 1. The number of aliphatic carboxylic acids is 1. The van der Waals surface area contributed by atoms with Crippen LogP contribution in [0.3, 0.4) is 0 Å². The van der Waals surface area contributed by atoms with Crippen LogP contribution in [0.1, 0.15) is 12.8 Å². The summed E-state index contributed by atoms with van der Waals surface area (Å²) >= 11 is 5.60. The lowest BCUT2D eigenvalue weighted by Crippen LogP contribution is -2.43. The van der Waals surface area contributed by atoms with Crippen molar-refractivity contribution in [3.05, 3.63) is 12.7 Å². The molecule has 0 radical (unpaired) electrons. The highest BCUT2D eigenvalue weighted by Gasteiger charge is 2.29. The lowest BCUT2D eigenvalue weighted by molar-refractivity contribution is -0.140. The van der Waals surface area contributed by atoms with E-state index in [4.69, 9.17) is 21.5 Å². The molecule has 0 fully saturated rings. The molecule has 0 bridgehead atoms. The van der Waals surface area contributed by atoms with Crippen LogP contribution >= 0.6 is 11.6 Å². The fraction of sp³-hybridized carbons (Fsp3) is 0.500. The maximum Gasteiger partial charge on any atom is 0.408 e. The molecule has 8 heteroatoms. The normalized spacial score (nSPS) is 19.4. The molecule has 7 nitrogen and oxygen atoms in total. The summed E-state index contributed by atoms with van der Waals surface area (Å²) in [5, 5.41) is 14.9. The van der Waals surface area contributed by atoms with E-state index < -0.39 is 24.2 Å². The van der Waals surface area contributed by atoms with Gasteiger partial charge in [0.2, 0.25) is 0 Å². The highest BCUT2D eigenvalue weighted by Crippen LogP contribution is 2.17. The maximum atomic E-state index is 11.2. The third-order valence-electron chi connectivity index (χ3n) is 2.12. The summed E-state index contributed by atoms with van der Waals surface area (Å²) in [7, 11) is 0. The minimum Gasteiger partial charge on any atom is -0.480 e. The molecule has 2 atom stereocenters. The average Bonchev–Trinajstić information content (AvgIpc) is 2.71. The zero-order valence-electron chi connectivity index (χ0n) is 9.47. The quantitative estimate of drug-likeness (QED) is 0.708. The number of nitrogens with one attached hydrogen (secondary N) is 1. The lowest BCUT2D eigenvalue weighted by atomic mass is 10.1. The molecule has 2 N–H and O–H groups in total. The first kappa shape index (κ1) is 14.3. The first-order chi connectivity index (χ1) is 8.52. The topological polar surface area (TPSA) is 97.2 Å². The number of alkyl carbamates (subject to hydrolysis) is 1. The monoisotopic (exact) mass is 276 g/mol. The molecule has 0 aromatic carbocycles. The van der Waals surface area contributed by atoms with Gasteiger partial charge in [0.15, 0.2) is 0 Å². The summed E-state index contributed by atoms with van der Waals surface area (Å²) in [6.45, 7) is 3.37. The molecule has 0 saturated carbocycles. The van der Waals surface area contributed by atoms with Gasteiger partial charge in [-0.15, -0.1) is 0 Å². The van der Waals surface area contributed by atoms with Crippen molar-refractivity contribution in [1.82, 2.24) is 5.32 Å². The van der Waals surface area contributed by atoms with Crippen molar-refractivity contribution in [3.8, 4) is 0 Å². The van der Waals surface area contributed by atoms with Crippen molar-refractivity contribution >= 4 is 28.8 Å². The van der Waals surface area contributed by atoms with Gasteiger partial charge in [0.1, 0.15) is 23.9 Å². The van der Waals surface area contributed by atoms with E-state index in [1.807, 2.05) is 0 Å². The van der Waals surface area contributed by atoms with Gasteiger partial charge in [0, 0.05) is 12.8 Å². The molecule has 0 unspecified atom stereocenters. The summed E-state index contributed by atoms with van der Waals surface area (Å²) in [4.78, 5) is 27.1. The van der Waals surface area contributed by atoms with Gasteiger partial charge in [-0.2, -0.15) is 0 Å². The van der Waals surface area contributed by atoms with Gasteiger partial charge in [0.05, 0.1) is 0 Å². The molecule has 0 spiro atoms. The number of rotatable bonds is 6. The fourth-order valence-corrected chi connectivity index (χ4v) is 1.54. The van der Waals surface area contributed by atoms with E-state index in [9.17, 15) is 9.59 Å². The van der Waals surface area contributed by atoms with Gasteiger partial charge < -0.3 is 20.0 Å². The second-order valence-corrected chi connectivity index (χ2v) is 3.99. The molecule has 1 amide bonds. The van der Waals surface area contributed by atoms with E-state index in [2.05, 4.69) is 21.8 Å². The summed E-state index contributed by atoms with van der Waals surface area (Å²) < 4.78 is 4.63. The number of amides is 1. The Hall–Kier alpha value is -1.76. The van der Waals surface area contributed by atoms with Gasteiger partial charge in [-0.05, 0) is 0 Å². The highest BCUT2D eigenvalue weighted by molar-refractivity contribution is 6.65. The fourth-order valence-electron chi connectivity index (χ4n) is 1.32. The van der Waals surface area contributed by atoms with E-state index in [1.165, 1.54) is 6.08 Å². The van der Waals surface area contributed by atoms with Gasteiger partial charge in [0.25, 0.3) is 0 Å². The highest BCUT2D eigenvalue weighted by atomic mass is 35.5. The molecule has 100 valence electrons. The van der Waals surface area contributed by atoms with Crippen molar-refractivity contribution in [2.75, 3.05) is 6.61 Å². The summed E-state index contributed by atoms with van der Waals surface area (Å²) in [6, 6.07) is -1.12. The minimum atomic E-state index is -1.18. The number of oxime groups is 1. The van der Waals surface area contributed by atoms with Crippen molar-refractivity contribution in [2.24, 2.45) is 5.16 Å². The van der Waals surface area contributed by atoms with Gasteiger partial charge in [-0.1, -0.05) is 29.4 Å². The van der Waals surface area contributed by atoms with Gasteiger partial charge >= 0.3 is 12.1 Å². The number of hydrogen-bond donors (Lipinski definition) is 2. The lowest BCUT2D eigenvalue weighted by Gasteiger charge is -2.16. The van der Waals surface area contributed by atoms with Crippen molar-refractivity contribution in [3.63, 3.8) is 0 Å². The first-order valence-electron chi connectivity index (χ1n) is 5.18. The number of carbonyl (C=O) groups excluding carboxylic acids is 1. The van der Waals surface area contributed by atoms with Crippen LogP contribution < -0.4 is 5.32 Å². The first-order valence-corrected chi connectivity index (χ1v) is 5.56. The number of carboxylic acid groups (broad SMARTS) is 1. The number of halogens is 1. The maximum absolute atomic E-state index is 11.2. The van der Waals surface area contributed by atoms with Crippen molar-refractivity contribution in [1.29, 1.82) is 0 Å². The van der Waals surface area contributed by atoms with E-state index in [0.29, 0.717) is 6.42 Å². The Kier molecular flexibility index (Phi) is 5.44. The van der Waals surface area contributed by atoms with E-state index >= 15 is 0 Å². The van der Waals surface area contributed by atoms with Crippen molar-refractivity contribution < 1.29 is 24.3 Å². The van der Waals surface area contributed by atoms with Crippen LogP contribution in [0.2, 0.25) is 0 Å². The predicted molar refractivity (Wildman–Crippen MR) is 63.5 cm³/mol. The molecule has 0 aliphatic carbocycles. The van der Waals surface area contributed by atoms with Crippen LogP contribution in [0.25, 0.3) is 0 Å². The Balaban J connectivity index is 2.43. The zero-order valence-corrected chi connectivity index (χ0v) is 10.2. The van der Waals surface area contributed by atoms with E-state index in [1.54, 1.807) is 0 Å². The number of ether oxygens (including phenoxy) is 1. The Morgan fingerprint density at radius 2 is 2.50 bits per heavy atom. The second-order valence-electron chi connectivity index (χ2n) is 3.56. The Labute approximate surface area is 108 Å². The van der Waals surface area contributed by atoms with E-state index in [-0.39, 0.29) is 18.2 Å². The Bertz CT molecular complexity index is 371. The molecular weight excluding hydrogens is 264 g/mol. The van der Waals surface area contributed by atoms with Crippen LogP contribution in [0.4, 0.5) is 4.79 Å². The van der Waals surface area contributed by atoms with Crippen molar-refractivity contribution in [2.45, 2.75) is 25.0 Å². The van der Waals surface area contributed by atoms with Crippen LogP contribution in [-0.2, 0) is 14.4 Å². The molecule has 1 aliphatic heterocycles. The van der Waals surface area contributed by atoms with Gasteiger partial charge in [-0.3, -0.25) is 0 Å². The SMILES string of the molecule is C=CCOC(=O)N[C@H](C[C@H]1CC(Cl)=NO1)C(=O)O. The smallest absolute Gasteiger partial charge is 0.408 e. The summed E-state index contributed by atoms with van der Waals surface area (Å²) in [5.41, 5.74) is 0. The minimum absolute atomic E-state index is 0.00698. The Morgan fingerprint density at radius 1 is 1.78 bits per heavy atom. The number of carbonyl (C=O) groups is 2. The predicted octanol–water partition coefficient (Wildman–Crippen LogP) is 1.08. The molecule has 0 saturated heterocycles.